The molecule has 1 aromatic heterocycles. The van der Waals surface area contributed by atoms with E-state index in [1.807, 2.05) is 0 Å². The number of anilines is 1. The topological polar surface area (TPSA) is 99.3 Å². The molecule has 0 aliphatic heterocycles. The summed E-state index contributed by atoms with van der Waals surface area (Å²) in [5, 5.41) is 9.29. The number of H-pyrrole nitrogens is 1. The number of benzene rings is 1. The second-order valence-corrected chi connectivity index (χ2v) is 6.50. The fraction of sp³-hybridized carbons (Fsp3) is 0.154. The first-order valence-electron chi connectivity index (χ1n) is 5.94. The molecule has 112 valence electrons. The smallest absolute Gasteiger partial charge is 0.352 e. The number of aromatic nitrogens is 1. The van der Waals surface area contributed by atoms with Gasteiger partial charge in [0.1, 0.15) is 10.6 Å². The molecule has 0 saturated carbocycles. The van der Waals surface area contributed by atoms with Crippen LogP contribution in [0.3, 0.4) is 0 Å². The fourth-order valence-electron chi connectivity index (χ4n) is 2.09. The van der Waals surface area contributed by atoms with Crippen molar-refractivity contribution in [1.82, 2.24) is 4.98 Å². The number of carbonyl (C=O) groups is 1. The van der Waals surface area contributed by atoms with Crippen molar-refractivity contribution in [1.29, 1.82) is 0 Å². The second-order valence-electron chi connectivity index (χ2n) is 4.47. The summed E-state index contributed by atoms with van der Waals surface area (Å²) >= 11 is 5.92. The number of para-hydroxylation sites is 1. The van der Waals surface area contributed by atoms with Gasteiger partial charge in [-0.15, -0.1) is 0 Å². The highest BCUT2D eigenvalue weighted by atomic mass is 35.5. The first-order chi connectivity index (χ1) is 9.74. The van der Waals surface area contributed by atoms with Gasteiger partial charge < -0.3 is 10.1 Å². The number of hydrogen-bond acceptors (Lipinski definition) is 3. The molecular weight excluding hydrogens is 316 g/mol. The van der Waals surface area contributed by atoms with Gasteiger partial charge in [-0.1, -0.05) is 23.7 Å². The summed E-state index contributed by atoms with van der Waals surface area (Å²) in [7, 11) is -3.94. The largest absolute Gasteiger partial charge is 0.477 e. The predicted octanol–water partition coefficient (Wildman–Crippen LogP) is 2.78. The van der Waals surface area contributed by atoms with Crippen molar-refractivity contribution in [3.05, 3.63) is 46.2 Å². The van der Waals surface area contributed by atoms with Crippen LogP contribution in [0.2, 0.25) is 5.02 Å². The van der Waals surface area contributed by atoms with E-state index in [-0.39, 0.29) is 32.6 Å². The highest BCUT2D eigenvalue weighted by Crippen LogP contribution is 2.28. The Labute approximate surface area is 126 Å². The van der Waals surface area contributed by atoms with Crippen LogP contribution in [0.15, 0.2) is 29.2 Å². The summed E-state index contributed by atoms with van der Waals surface area (Å²) in [6.45, 7) is 2.94. The molecule has 0 atom stereocenters. The Morgan fingerprint density at radius 1 is 1.29 bits per heavy atom. The van der Waals surface area contributed by atoms with Crippen LogP contribution in [0.5, 0.6) is 0 Å². The Morgan fingerprint density at radius 2 is 1.90 bits per heavy atom. The molecule has 2 aromatic rings. The molecule has 0 aliphatic carbocycles. The molecule has 0 aliphatic rings. The van der Waals surface area contributed by atoms with Crippen LogP contribution in [0.1, 0.15) is 21.7 Å². The van der Waals surface area contributed by atoms with Crippen molar-refractivity contribution < 1.29 is 18.3 Å². The minimum absolute atomic E-state index is 0.0835. The zero-order valence-corrected chi connectivity index (χ0v) is 12.8. The summed E-state index contributed by atoms with van der Waals surface area (Å²) in [5.74, 6) is -1.21. The Kier molecular flexibility index (Phi) is 3.97. The van der Waals surface area contributed by atoms with Gasteiger partial charge >= 0.3 is 5.97 Å². The molecule has 0 fully saturated rings. The van der Waals surface area contributed by atoms with E-state index in [4.69, 9.17) is 16.7 Å². The predicted molar refractivity (Wildman–Crippen MR) is 79.5 cm³/mol. The number of nitrogens with one attached hydrogen (secondary N) is 2. The third kappa shape index (κ3) is 2.88. The third-order valence-electron chi connectivity index (χ3n) is 2.97. The van der Waals surface area contributed by atoms with Crippen molar-refractivity contribution in [2.24, 2.45) is 0 Å². The molecule has 0 bridgehead atoms. The van der Waals surface area contributed by atoms with E-state index in [1.54, 1.807) is 18.2 Å². The normalized spacial score (nSPS) is 11.4. The third-order valence-corrected chi connectivity index (χ3v) is 4.94. The molecule has 21 heavy (non-hydrogen) atoms. The van der Waals surface area contributed by atoms with E-state index in [0.717, 1.165) is 0 Å². The lowest BCUT2D eigenvalue weighted by Crippen LogP contribution is -2.15. The molecule has 0 amide bonds. The average Bonchev–Trinajstić information content (AvgIpc) is 2.68. The van der Waals surface area contributed by atoms with Crippen molar-refractivity contribution in [2.45, 2.75) is 18.7 Å². The number of carboxylic acids is 1. The van der Waals surface area contributed by atoms with Crippen molar-refractivity contribution in [3.8, 4) is 0 Å². The molecular formula is C13H13ClN2O4S. The lowest BCUT2D eigenvalue weighted by molar-refractivity contribution is 0.0690. The van der Waals surface area contributed by atoms with Gasteiger partial charge in [-0.2, -0.15) is 0 Å². The Morgan fingerprint density at radius 3 is 2.43 bits per heavy atom. The Hall–Kier alpha value is -1.99. The number of aromatic amines is 1. The van der Waals surface area contributed by atoms with Crippen molar-refractivity contribution in [2.75, 3.05) is 4.72 Å². The number of halogens is 1. The summed E-state index contributed by atoms with van der Waals surface area (Å²) in [6, 6.07) is 6.40. The standard InChI is InChI=1S/C13H13ClN2O4S/c1-7-11(13(17)18)15-8(2)12(7)21(19,20)16-10-6-4-3-5-9(10)14/h3-6,15-16H,1-2H3,(H,17,18). The summed E-state index contributed by atoms with van der Waals surface area (Å²) in [4.78, 5) is 13.5. The molecule has 1 aromatic carbocycles. The van der Waals surface area contributed by atoms with E-state index < -0.39 is 16.0 Å². The molecule has 8 heteroatoms. The second kappa shape index (κ2) is 5.42. The van der Waals surface area contributed by atoms with Gasteiger partial charge in [-0.25, -0.2) is 13.2 Å². The lowest BCUT2D eigenvalue weighted by atomic mass is 10.2. The SMILES string of the molecule is Cc1[nH]c(C(=O)O)c(C)c1S(=O)(=O)Nc1ccccc1Cl. The molecule has 2 rings (SSSR count). The summed E-state index contributed by atoms with van der Waals surface area (Å²) < 4.78 is 27.3. The zero-order valence-electron chi connectivity index (χ0n) is 11.3. The Balaban J connectivity index is 2.51. The van der Waals surface area contributed by atoms with Crippen molar-refractivity contribution in [3.63, 3.8) is 0 Å². The Bertz CT molecular complexity index is 812. The van der Waals surface area contributed by atoms with Crippen LogP contribution < -0.4 is 4.72 Å². The van der Waals surface area contributed by atoms with E-state index in [0.29, 0.717) is 0 Å². The first kappa shape index (κ1) is 15.4. The highest BCUT2D eigenvalue weighted by molar-refractivity contribution is 7.92. The van der Waals surface area contributed by atoms with Gasteiger partial charge in [0.25, 0.3) is 10.0 Å². The number of hydrogen-bond donors (Lipinski definition) is 3. The maximum atomic E-state index is 12.4. The quantitative estimate of drug-likeness (QED) is 0.803. The number of aromatic carboxylic acids is 1. The molecule has 0 unspecified atom stereocenters. The van der Waals surface area contributed by atoms with Gasteiger partial charge in [-0.05, 0) is 26.0 Å². The fourth-order valence-corrected chi connectivity index (χ4v) is 3.86. The van der Waals surface area contributed by atoms with Crippen LogP contribution in [0, 0.1) is 13.8 Å². The number of aryl methyl sites for hydroxylation is 1. The minimum atomic E-state index is -3.94. The van der Waals surface area contributed by atoms with E-state index in [2.05, 4.69) is 9.71 Å². The van der Waals surface area contributed by atoms with Gasteiger partial charge in [0.15, 0.2) is 0 Å². The van der Waals surface area contributed by atoms with Crippen LogP contribution in [-0.2, 0) is 10.0 Å². The minimum Gasteiger partial charge on any atom is -0.477 e. The van der Waals surface area contributed by atoms with Gasteiger partial charge in [0, 0.05) is 11.3 Å². The van der Waals surface area contributed by atoms with Crippen LogP contribution in [0.4, 0.5) is 5.69 Å². The zero-order chi connectivity index (χ0) is 15.8. The van der Waals surface area contributed by atoms with Gasteiger partial charge in [0.05, 0.1) is 10.7 Å². The maximum Gasteiger partial charge on any atom is 0.352 e. The maximum absolute atomic E-state index is 12.4. The number of rotatable bonds is 4. The van der Waals surface area contributed by atoms with Crippen molar-refractivity contribution >= 4 is 33.3 Å². The number of carboxylic acid groups (broad SMARTS) is 1. The van der Waals surface area contributed by atoms with Gasteiger partial charge in [0.2, 0.25) is 0 Å². The summed E-state index contributed by atoms with van der Waals surface area (Å²) in [5.41, 5.74) is 0.493. The van der Waals surface area contributed by atoms with E-state index in [9.17, 15) is 13.2 Å². The molecule has 0 radical (unpaired) electrons. The lowest BCUT2D eigenvalue weighted by Gasteiger charge is -2.10. The molecule has 0 saturated heterocycles. The average molecular weight is 329 g/mol. The van der Waals surface area contributed by atoms with Crippen LogP contribution in [-0.4, -0.2) is 24.5 Å². The van der Waals surface area contributed by atoms with Crippen LogP contribution >= 0.6 is 11.6 Å². The van der Waals surface area contributed by atoms with Crippen LogP contribution in [0.25, 0.3) is 0 Å². The van der Waals surface area contributed by atoms with E-state index >= 15 is 0 Å². The molecule has 0 spiro atoms. The monoisotopic (exact) mass is 328 g/mol. The van der Waals surface area contributed by atoms with Gasteiger partial charge in [-0.3, -0.25) is 4.72 Å². The summed E-state index contributed by atoms with van der Waals surface area (Å²) in [6.07, 6.45) is 0. The first-order valence-corrected chi connectivity index (χ1v) is 7.80. The molecule has 6 nitrogen and oxygen atoms in total. The number of sulfonamides is 1. The van der Waals surface area contributed by atoms with E-state index in [1.165, 1.54) is 19.9 Å². The molecule has 3 N–H and O–H groups in total. The molecule has 1 heterocycles. The highest BCUT2D eigenvalue weighted by Gasteiger charge is 2.26.